The lowest BCUT2D eigenvalue weighted by Crippen LogP contribution is -2.15. The van der Waals surface area contributed by atoms with Gasteiger partial charge in [0, 0.05) is 29.2 Å². The van der Waals surface area contributed by atoms with Crippen molar-refractivity contribution in [2.24, 2.45) is 5.92 Å². The first kappa shape index (κ1) is 103. The van der Waals surface area contributed by atoms with Crippen LogP contribution in [0.25, 0.3) is 0 Å². The molecule has 8 aliphatic carbocycles. The number of phenolic OH excluding ortho intramolecular Hbond substituents is 9. The molecule has 8 saturated carbocycles. The van der Waals surface area contributed by atoms with E-state index in [9.17, 15) is 46.0 Å². The Morgan fingerprint density at radius 2 is 0.414 bits per heavy atom. The van der Waals surface area contributed by atoms with Crippen molar-refractivity contribution in [3.05, 3.63) is 331 Å². The van der Waals surface area contributed by atoms with Gasteiger partial charge in [-0.2, -0.15) is 0 Å². The van der Waals surface area contributed by atoms with E-state index in [1.54, 1.807) is 12.1 Å². The molecular formula is C131H166O9. The Hall–Kier alpha value is -10.4. The van der Waals surface area contributed by atoms with Crippen LogP contribution < -0.4 is 0 Å². The molecule has 0 aliphatic heterocycles. The predicted octanol–water partition coefficient (Wildman–Crippen LogP) is 35.9. The molecule has 0 spiro atoms. The van der Waals surface area contributed by atoms with Crippen molar-refractivity contribution in [2.75, 3.05) is 0 Å². The first-order chi connectivity index (χ1) is 67.6. The topological polar surface area (TPSA) is 182 Å². The van der Waals surface area contributed by atoms with E-state index in [0.29, 0.717) is 99.3 Å². The van der Waals surface area contributed by atoms with Crippen molar-refractivity contribution < 1.29 is 46.0 Å². The molecule has 2 atom stereocenters. The molecule has 9 N–H and O–H groups in total. The lowest BCUT2D eigenvalue weighted by molar-refractivity contribution is 0.411. The van der Waals surface area contributed by atoms with Crippen LogP contribution in [0.2, 0.25) is 0 Å². The van der Waals surface area contributed by atoms with Crippen LogP contribution in [0, 0.1) is 75.2 Å². The van der Waals surface area contributed by atoms with E-state index < -0.39 is 0 Å². The molecule has 0 amide bonds. The third-order valence-corrected chi connectivity index (χ3v) is 35.0. The molecule has 0 aromatic heterocycles. The average Bonchev–Trinajstić information content (AvgIpc) is 0.812. The summed E-state index contributed by atoms with van der Waals surface area (Å²) >= 11 is 0. The molecule has 9 nitrogen and oxygen atoms in total. The third kappa shape index (κ3) is 23.9. The SMILES string of the molecule is Cc1cc(C)c(C(c2ccc(O)cc2)c2cc(C3CCCCC3)c(O)cc2C)cc1C1CCCCC1.Cc1cc(C)c(C(c2cccc(O)c2)c2cc(C3CCCCC3)c(O)cc2C)cc1C1CCCCC1.Cc1cc(O)c(C2CCCCC2)cc1C(c1cc(C2CCCCC2)c(O)cc1C)C(C)C.Cc1cc(O)c(C2CCCCC2)cc1C(c1cc(C2CCCCC2)c(O)cc1C)c1ccccc1O. The summed E-state index contributed by atoms with van der Waals surface area (Å²) in [7, 11) is 0. The summed E-state index contributed by atoms with van der Waals surface area (Å²) in [6, 6.07) is 58.5. The molecule has 11 aromatic carbocycles. The zero-order valence-corrected chi connectivity index (χ0v) is 87.0. The molecule has 0 bridgehead atoms. The molecular weight excluding hydrogens is 1720 g/mol. The maximum Gasteiger partial charge on any atom is 0.119 e. The first-order valence-electron chi connectivity index (χ1n) is 55.2. The molecule has 9 heteroatoms. The van der Waals surface area contributed by atoms with E-state index >= 15 is 0 Å². The van der Waals surface area contributed by atoms with E-state index in [-0.39, 0.29) is 29.4 Å². The number of benzene rings is 11. The van der Waals surface area contributed by atoms with E-state index in [4.69, 9.17) is 0 Å². The summed E-state index contributed by atoms with van der Waals surface area (Å²) in [6.07, 6.45) is 49.7. The number of aryl methyl sites for hydroxylation is 10. The van der Waals surface area contributed by atoms with Crippen molar-refractivity contribution in [1.82, 2.24) is 0 Å². The van der Waals surface area contributed by atoms with Gasteiger partial charge in [0.25, 0.3) is 0 Å². The quantitative estimate of drug-likeness (QED) is 0.0336. The second-order valence-electron chi connectivity index (χ2n) is 45.2. The Labute approximate surface area is 840 Å². The van der Waals surface area contributed by atoms with Gasteiger partial charge < -0.3 is 46.0 Å². The number of para-hydroxylation sites is 1. The molecule has 0 heterocycles. The van der Waals surface area contributed by atoms with Crippen LogP contribution in [0.15, 0.2) is 170 Å². The average molecular weight is 1880 g/mol. The molecule has 2 unspecified atom stereocenters. The fourth-order valence-electron chi connectivity index (χ4n) is 27.4. The second-order valence-corrected chi connectivity index (χ2v) is 45.2. The predicted molar refractivity (Wildman–Crippen MR) is 579 cm³/mol. The van der Waals surface area contributed by atoms with Crippen molar-refractivity contribution >= 4 is 0 Å². The molecule has 140 heavy (non-hydrogen) atoms. The van der Waals surface area contributed by atoms with Gasteiger partial charge in [0.2, 0.25) is 0 Å². The summed E-state index contributed by atoms with van der Waals surface area (Å²) in [5.41, 5.74) is 35.0. The monoisotopic (exact) mass is 1880 g/mol. The van der Waals surface area contributed by atoms with Gasteiger partial charge in [0.05, 0.1) is 0 Å². The zero-order valence-electron chi connectivity index (χ0n) is 87.0. The van der Waals surface area contributed by atoms with E-state index in [1.165, 1.54) is 289 Å². The van der Waals surface area contributed by atoms with Gasteiger partial charge in [-0.05, 0) is 448 Å². The number of hydrogen-bond acceptors (Lipinski definition) is 9. The van der Waals surface area contributed by atoms with Gasteiger partial charge >= 0.3 is 0 Å². The van der Waals surface area contributed by atoms with Crippen molar-refractivity contribution in [3.63, 3.8) is 0 Å². The van der Waals surface area contributed by atoms with Gasteiger partial charge in [0.1, 0.15) is 51.7 Å². The largest absolute Gasteiger partial charge is 0.508 e. The standard InChI is InChI=1S/2C34H42O2.C33H40O3.C30H42O2/c1-22-17-23(2)30(20-29(22)25-11-6-4-7-12-25)34(27-15-10-16-28(35)19-27)31-21-32(33(36)18-24(31)3)26-13-8-5-9-14-26;1-22-18-23(2)30(20-29(22)25-10-6-4-7-11-25)34(27-14-16-28(35)17-15-27)31-21-32(33(36)19-24(31)3)26-12-8-5-9-13-26;1-21-17-31(35)28(23-11-5-3-6-12-23)19-26(21)33(25-15-9-10-16-30(25)34)27-20-29(32(36)18-22(27)2)24-13-7-4-8-14-24;1-19(2)30(24-17-26(28(31)15-20(24)3)22-11-7-5-8-12-22)25-18-27(29(32)16-21(25)4)23-13-9-6-10-14-23/h10,15-21,25-26,34-36H,4-9,11-14H2,1-3H3;14-21,25-26,34-36H,4-13H2,1-3H3;9-10,15-20,23-24,33-36H,3-8,11-14H2,1-2H3;15-19,22-23,30-32H,5-14H2,1-4H3. The number of rotatable bonds is 20. The lowest BCUT2D eigenvalue weighted by Gasteiger charge is -2.30. The van der Waals surface area contributed by atoms with Crippen LogP contribution in [0.5, 0.6) is 51.7 Å². The molecule has 11 aromatic rings. The Kier molecular flexibility index (Phi) is 34.6. The molecule has 8 fully saturated rings. The summed E-state index contributed by atoms with van der Waals surface area (Å²) < 4.78 is 0. The van der Waals surface area contributed by atoms with Crippen LogP contribution >= 0.6 is 0 Å². The Bertz CT molecular complexity index is 5720. The molecule has 19 rings (SSSR count). The Balaban J connectivity index is 0.000000135. The highest BCUT2D eigenvalue weighted by Crippen LogP contribution is 2.54. The van der Waals surface area contributed by atoms with Gasteiger partial charge in [-0.25, -0.2) is 0 Å². The highest BCUT2D eigenvalue weighted by atomic mass is 16.3. The van der Waals surface area contributed by atoms with Crippen LogP contribution in [-0.4, -0.2) is 46.0 Å². The fourth-order valence-corrected chi connectivity index (χ4v) is 27.4. The molecule has 0 radical (unpaired) electrons. The van der Waals surface area contributed by atoms with Crippen LogP contribution in [0.3, 0.4) is 0 Å². The van der Waals surface area contributed by atoms with Gasteiger partial charge in [-0.15, -0.1) is 0 Å². The maximum atomic E-state index is 11.0. The van der Waals surface area contributed by atoms with E-state index in [2.05, 4.69) is 162 Å². The van der Waals surface area contributed by atoms with E-state index in [0.717, 1.165) is 129 Å². The minimum atomic E-state index is -0.183. The van der Waals surface area contributed by atoms with Crippen molar-refractivity contribution in [2.45, 2.75) is 411 Å². The molecule has 8 aliphatic rings. The van der Waals surface area contributed by atoms with Crippen molar-refractivity contribution in [1.29, 1.82) is 0 Å². The lowest BCUT2D eigenvalue weighted by atomic mass is 9.74. The highest BCUT2D eigenvalue weighted by Gasteiger charge is 2.36. The summed E-state index contributed by atoms with van der Waals surface area (Å²) in [6.45, 7) is 26.3. The summed E-state index contributed by atoms with van der Waals surface area (Å²) in [4.78, 5) is 0. The summed E-state index contributed by atoms with van der Waals surface area (Å²) in [5, 5.41) is 97.1. The normalized spacial score (nSPS) is 18.2. The van der Waals surface area contributed by atoms with Crippen LogP contribution in [-0.2, 0) is 0 Å². The zero-order chi connectivity index (χ0) is 98.5. The smallest absolute Gasteiger partial charge is 0.119 e. The van der Waals surface area contributed by atoms with Crippen LogP contribution in [0.4, 0.5) is 0 Å². The Morgan fingerprint density at radius 3 is 0.686 bits per heavy atom. The minimum Gasteiger partial charge on any atom is -0.508 e. The van der Waals surface area contributed by atoms with Crippen molar-refractivity contribution in [3.8, 4) is 51.7 Å². The molecule has 0 saturated heterocycles. The van der Waals surface area contributed by atoms with Gasteiger partial charge in [-0.1, -0.05) is 271 Å². The molecule has 744 valence electrons. The number of hydrogen-bond donors (Lipinski definition) is 9. The van der Waals surface area contributed by atoms with Gasteiger partial charge in [-0.3, -0.25) is 0 Å². The maximum absolute atomic E-state index is 11.0. The fraction of sp³-hybridized carbons (Fsp3) is 0.496. The van der Waals surface area contributed by atoms with Crippen LogP contribution in [0.1, 0.15) is 503 Å². The third-order valence-electron chi connectivity index (χ3n) is 35.0. The summed E-state index contributed by atoms with van der Waals surface area (Å²) in [5.74, 6) is 7.99. The second kappa shape index (κ2) is 47.2. The van der Waals surface area contributed by atoms with E-state index in [1.807, 2.05) is 78.9 Å². The number of aromatic hydroxyl groups is 9. The highest BCUT2D eigenvalue weighted by molar-refractivity contribution is 5.62. The Morgan fingerprint density at radius 1 is 0.179 bits per heavy atom. The number of phenols is 9. The van der Waals surface area contributed by atoms with Gasteiger partial charge in [0.15, 0.2) is 0 Å². The minimum absolute atomic E-state index is 0.0166. The first-order valence-corrected chi connectivity index (χ1v) is 55.2.